The van der Waals surface area contributed by atoms with Crippen LogP contribution in [0, 0.1) is 25.6 Å². The minimum absolute atomic E-state index is 0.110. The molecule has 0 aliphatic heterocycles. The molecule has 1 aromatic carbocycles. The van der Waals surface area contributed by atoms with Crippen LogP contribution in [0.2, 0.25) is 0 Å². The normalized spacial score (nSPS) is 11.0. The van der Waals surface area contributed by atoms with E-state index in [2.05, 4.69) is 15.3 Å². The van der Waals surface area contributed by atoms with Crippen molar-refractivity contribution in [2.45, 2.75) is 0 Å². The molecule has 0 saturated heterocycles. The number of benzene rings is 1. The number of methoxy groups -OCH3 is 1. The quantitative estimate of drug-likeness (QED) is 0.199. The number of nitro benzene ring substituents is 1. The van der Waals surface area contributed by atoms with Gasteiger partial charge in [0.1, 0.15) is 10.2 Å². The van der Waals surface area contributed by atoms with E-state index in [1.807, 2.05) is 0 Å². The number of nitro groups is 2. The Hall–Kier alpha value is -3.19. The molecule has 0 aliphatic rings. The van der Waals surface area contributed by atoms with Crippen molar-refractivity contribution in [2.24, 2.45) is 5.10 Å². The number of hydrogen-bond acceptors (Lipinski definition) is 11. The van der Waals surface area contributed by atoms with E-state index in [4.69, 9.17) is 5.41 Å². The number of non-ortho nitro benzene ring substituents is 1. The summed E-state index contributed by atoms with van der Waals surface area (Å²) < 4.78 is 4.37. The summed E-state index contributed by atoms with van der Waals surface area (Å²) in [6.07, 6.45) is 0. The Morgan fingerprint density at radius 3 is 2.40 bits per heavy atom. The van der Waals surface area contributed by atoms with Gasteiger partial charge >= 0.3 is 11.8 Å². The number of esters is 1. The summed E-state index contributed by atoms with van der Waals surface area (Å²) in [4.78, 5) is 32.1. The van der Waals surface area contributed by atoms with Crippen LogP contribution in [-0.2, 0) is 4.74 Å². The summed E-state index contributed by atoms with van der Waals surface area (Å²) in [5, 5.41) is 33.2. The summed E-state index contributed by atoms with van der Waals surface area (Å²) >= 11 is 0. The highest BCUT2D eigenvalue weighted by Crippen LogP contribution is 2.20. The average Bonchev–Trinajstić information content (AvgIpc) is 2.96. The zero-order chi connectivity index (χ0) is 18.6. The van der Waals surface area contributed by atoms with E-state index in [1.54, 1.807) is 0 Å². The third-order valence-corrected chi connectivity index (χ3v) is 5.05. The average molecular weight is 383 g/mol. The Bertz CT molecular complexity index is 917. The topological polar surface area (TPSA) is 161 Å². The summed E-state index contributed by atoms with van der Waals surface area (Å²) in [6.45, 7) is 0. The molecule has 25 heavy (non-hydrogen) atoms. The van der Waals surface area contributed by atoms with E-state index in [9.17, 15) is 25.0 Å². The first kappa shape index (κ1) is 18.2. The number of hydrazone groups is 1. The number of amidine groups is 1. The highest BCUT2D eigenvalue weighted by molar-refractivity contribution is 7.69. The Kier molecular flexibility index (Phi) is 5.51. The molecule has 1 heterocycles. The van der Waals surface area contributed by atoms with Crippen molar-refractivity contribution in [1.82, 2.24) is 0 Å². The molecule has 0 spiro atoms. The van der Waals surface area contributed by atoms with Crippen LogP contribution in [-0.4, -0.2) is 28.8 Å². The number of carbonyl (C=O) groups excluding carboxylic acids is 1. The van der Waals surface area contributed by atoms with Crippen molar-refractivity contribution in [3.05, 3.63) is 59.6 Å². The van der Waals surface area contributed by atoms with Crippen molar-refractivity contribution >= 4 is 43.9 Å². The zero-order valence-electron chi connectivity index (χ0n) is 12.4. The van der Waals surface area contributed by atoms with E-state index in [-0.39, 0.29) is 26.5 Å². The first-order chi connectivity index (χ1) is 11.8. The Morgan fingerprint density at radius 2 is 1.88 bits per heavy atom. The predicted molar refractivity (Wildman–Crippen MR) is 89.6 cm³/mol. The lowest BCUT2D eigenvalue weighted by Gasteiger charge is -2.00. The van der Waals surface area contributed by atoms with E-state index in [0.29, 0.717) is 0 Å². The molecule has 13 heteroatoms. The molecule has 0 saturated carbocycles. The van der Waals surface area contributed by atoms with Crippen LogP contribution < -0.4 is 10.1 Å². The molecule has 0 fully saturated rings. The Morgan fingerprint density at radius 1 is 1.24 bits per heavy atom. The van der Waals surface area contributed by atoms with Crippen LogP contribution in [0.1, 0.15) is 15.2 Å². The van der Waals surface area contributed by atoms with Crippen LogP contribution in [0.4, 0.5) is 11.4 Å². The van der Waals surface area contributed by atoms with Gasteiger partial charge < -0.3 is 14.9 Å². The molecule has 2 N–H and O–H groups in total. The van der Waals surface area contributed by atoms with Gasteiger partial charge in [0.2, 0.25) is 0 Å². The van der Waals surface area contributed by atoms with Gasteiger partial charge in [0.05, 0.1) is 22.8 Å². The number of hydrogen-bond donors (Lipinski definition) is 2. The van der Waals surface area contributed by atoms with Crippen molar-refractivity contribution in [1.29, 1.82) is 5.41 Å². The molecule has 0 atom stereocenters. The van der Waals surface area contributed by atoms with Crippen LogP contribution in [0.3, 0.4) is 0 Å². The lowest BCUT2D eigenvalue weighted by Crippen LogP contribution is -2.21. The SMILES string of the molecule is COC(=O)c1c(/C(=N\Nc2ccc([N+](=O)[O-])cc2)[N+](=O)[O-])ssc1=N. The number of anilines is 1. The molecule has 2 aromatic rings. The Labute approximate surface area is 146 Å². The zero-order valence-corrected chi connectivity index (χ0v) is 14.1. The third kappa shape index (κ3) is 4.02. The summed E-state index contributed by atoms with van der Waals surface area (Å²) in [5.74, 6) is -1.54. The first-order valence-electron chi connectivity index (χ1n) is 6.34. The van der Waals surface area contributed by atoms with Crippen LogP contribution in [0.15, 0.2) is 29.4 Å². The number of carbonyl (C=O) groups is 1. The highest BCUT2D eigenvalue weighted by atomic mass is 32.9. The maximum absolute atomic E-state index is 11.7. The fraction of sp³-hybridized carbons (Fsp3) is 0.0833. The van der Waals surface area contributed by atoms with E-state index < -0.39 is 21.7 Å². The maximum atomic E-state index is 11.7. The molecular weight excluding hydrogens is 374 g/mol. The molecule has 0 unspecified atom stereocenters. The Balaban J connectivity index is 2.37. The van der Waals surface area contributed by atoms with Crippen molar-refractivity contribution in [2.75, 3.05) is 12.5 Å². The van der Waals surface area contributed by atoms with Crippen LogP contribution in [0.5, 0.6) is 0 Å². The highest BCUT2D eigenvalue weighted by Gasteiger charge is 2.29. The second-order valence-electron chi connectivity index (χ2n) is 4.30. The van der Waals surface area contributed by atoms with Crippen molar-refractivity contribution in [3.63, 3.8) is 0 Å². The maximum Gasteiger partial charge on any atom is 0.407 e. The molecule has 130 valence electrons. The lowest BCUT2D eigenvalue weighted by atomic mass is 10.2. The van der Waals surface area contributed by atoms with Crippen molar-refractivity contribution < 1.29 is 19.4 Å². The summed E-state index contributed by atoms with van der Waals surface area (Å²) in [6, 6.07) is 5.07. The molecule has 0 aliphatic carbocycles. The van der Waals surface area contributed by atoms with Crippen LogP contribution in [0.25, 0.3) is 0 Å². The van der Waals surface area contributed by atoms with Crippen molar-refractivity contribution in [3.8, 4) is 0 Å². The van der Waals surface area contributed by atoms with Gasteiger partial charge in [-0.3, -0.25) is 15.5 Å². The van der Waals surface area contributed by atoms with Gasteiger partial charge in [0, 0.05) is 12.1 Å². The molecule has 11 nitrogen and oxygen atoms in total. The molecule has 0 bridgehead atoms. The summed E-state index contributed by atoms with van der Waals surface area (Å²) in [5.41, 5.74) is 2.30. The fourth-order valence-corrected chi connectivity index (χ4v) is 3.84. The minimum Gasteiger partial charge on any atom is -0.465 e. The molecule has 0 radical (unpaired) electrons. The lowest BCUT2D eigenvalue weighted by molar-refractivity contribution is -0.384. The van der Waals surface area contributed by atoms with E-state index in [1.165, 1.54) is 24.3 Å². The molecule has 1 aromatic heterocycles. The molecular formula is C12H9N5O6S2. The van der Waals surface area contributed by atoms with Gasteiger partial charge in [-0.2, -0.15) is 5.43 Å². The van der Waals surface area contributed by atoms with Gasteiger partial charge in [0.25, 0.3) is 5.69 Å². The van der Waals surface area contributed by atoms with E-state index >= 15 is 0 Å². The summed E-state index contributed by atoms with van der Waals surface area (Å²) in [7, 11) is 2.82. The standard InChI is InChI=1S/C12H9N5O6S2/c1-23-12(18)8-9(24-25-10(8)13)11(17(21)22)15-14-6-2-4-7(5-3-6)16(19)20/h2-5,13-14H,1H3/b13-10?,15-11+. The molecule has 2 rings (SSSR count). The van der Waals surface area contributed by atoms with Gasteiger partial charge in [-0.15, -0.1) is 0 Å². The molecule has 0 amide bonds. The number of ether oxygens (including phenoxy) is 1. The monoisotopic (exact) mass is 383 g/mol. The minimum atomic E-state index is -0.873. The van der Waals surface area contributed by atoms with Gasteiger partial charge in [0.15, 0.2) is 4.88 Å². The second-order valence-corrected chi connectivity index (χ2v) is 6.45. The second kappa shape index (κ2) is 7.59. The van der Waals surface area contributed by atoms with Gasteiger partial charge in [-0.25, -0.2) is 4.79 Å². The number of nitrogens with zero attached hydrogens (tertiary/aromatic N) is 3. The van der Waals surface area contributed by atoms with E-state index in [0.717, 1.165) is 27.8 Å². The first-order valence-corrected chi connectivity index (χ1v) is 8.49. The largest absolute Gasteiger partial charge is 0.465 e. The smallest absolute Gasteiger partial charge is 0.407 e. The van der Waals surface area contributed by atoms with Gasteiger partial charge in [-0.1, -0.05) is 20.7 Å². The number of rotatable bonds is 5. The fourth-order valence-electron chi connectivity index (χ4n) is 1.66. The van der Waals surface area contributed by atoms with Gasteiger partial charge in [-0.05, 0) is 17.1 Å². The third-order valence-electron chi connectivity index (χ3n) is 2.80. The number of nitrogens with one attached hydrogen (secondary N) is 2. The predicted octanol–water partition coefficient (Wildman–Crippen LogP) is 2.03. The van der Waals surface area contributed by atoms with Crippen LogP contribution >= 0.6 is 20.7 Å².